The first kappa shape index (κ1) is 19.5. The van der Waals surface area contributed by atoms with Gasteiger partial charge in [0.05, 0.1) is 5.92 Å². The van der Waals surface area contributed by atoms with Crippen molar-refractivity contribution in [3.63, 3.8) is 0 Å². The molecule has 0 bridgehead atoms. The molecule has 0 saturated carbocycles. The first-order valence-corrected chi connectivity index (χ1v) is 6.20. The molecule has 1 unspecified atom stereocenters. The zero-order valence-electron chi connectivity index (χ0n) is 12.1. The number of carboxylic acids is 1. The third kappa shape index (κ3) is 5.81. The molecule has 2 aromatic heterocycles. The van der Waals surface area contributed by atoms with E-state index in [4.69, 9.17) is 5.73 Å². The molecule has 1 atom stereocenters. The Morgan fingerprint density at radius 3 is 2.38 bits per heavy atom. The minimum Gasteiger partial charge on any atom is -0.481 e. The molecule has 0 amide bonds. The number of carbonyl (C=O) groups is 1. The molecule has 7 nitrogen and oxygen atoms in total. The van der Waals surface area contributed by atoms with Crippen LogP contribution in [0.3, 0.4) is 0 Å². The first-order chi connectivity index (χ1) is 9.56. The Morgan fingerprint density at radius 2 is 1.95 bits per heavy atom. The molecule has 2 aromatic rings. The largest absolute Gasteiger partial charge is 0.481 e. The zero-order chi connectivity index (χ0) is 15.1. The second-order valence-corrected chi connectivity index (χ2v) is 3.86. The molecule has 21 heavy (non-hydrogen) atoms. The van der Waals surface area contributed by atoms with Crippen LogP contribution in [0.2, 0.25) is 0 Å². The van der Waals surface area contributed by atoms with Gasteiger partial charge in [0.15, 0.2) is 0 Å². The standard InChI is InChI=1S/C11H12N5O2.C2H6.Y/c1-16-5-9(15-6-16)8(10(17)18)2-7-3-13-11(12)14-4-7;1-2;/h3-6,8H,1-2H2,(H,17,18)(H2,12,13,14);1-2H3;/q-1;;. The van der Waals surface area contributed by atoms with Crippen molar-refractivity contribution in [2.24, 2.45) is 0 Å². The van der Waals surface area contributed by atoms with E-state index in [-0.39, 0.29) is 45.1 Å². The molecule has 0 fully saturated rings. The fourth-order valence-corrected chi connectivity index (χ4v) is 1.58. The molecule has 0 spiro atoms. The summed E-state index contributed by atoms with van der Waals surface area (Å²) < 4.78 is 1.46. The molecule has 2 rings (SSSR count). The van der Waals surface area contributed by atoms with Crippen LogP contribution in [0.4, 0.5) is 5.95 Å². The van der Waals surface area contributed by atoms with Crippen LogP contribution in [0, 0.1) is 7.05 Å². The summed E-state index contributed by atoms with van der Waals surface area (Å²) in [6, 6.07) is 0. The van der Waals surface area contributed by atoms with Crippen LogP contribution in [0.5, 0.6) is 0 Å². The van der Waals surface area contributed by atoms with Gasteiger partial charge in [-0.15, -0.1) is 7.05 Å². The van der Waals surface area contributed by atoms with E-state index in [0.717, 1.165) is 0 Å². The molecule has 8 heteroatoms. The van der Waals surface area contributed by atoms with Gasteiger partial charge in [0.2, 0.25) is 5.95 Å². The Hall–Kier alpha value is -1.47. The van der Waals surface area contributed by atoms with Gasteiger partial charge in [-0.3, -0.25) is 4.79 Å². The van der Waals surface area contributed by atoms with Gasteiger partial charge in [-0.2, -0.15) is 0 Å². The molecular weight excluding hydrogens is 347 g/mol. The normalized spacial score (nSPS) is 10.8. The van der Waals surface area contributed by atoms with Gasteiger partial charge in [-0.25, -0.2) is 9.97 Å². The number of anilines is 1. The van der Waals surface area contributed by atoms with Crippen LogP contribution >= 0.6 is 0 Å². The maximum atomic E-state index is 11.2. The van der Waals surface area contributed by atoms with E-state index in [1.807, 2.05) is 13.8 Å². The van der Waals surface area contributed by atoms with E-state index in [9.17, 15) is 9.90 Å². The first-order valence-electron chi connectivity index (χ1n) is 6.20. The molecule has 0 saturated heterocycles. The van der Waals surface area contributed by atoms with Gasteiger partial charge in [0.1, 0.15) is 0 Å². The molecular formula is C13H18N5O2Y-. The molecule has 111 valence electrons. The van der Waals surface area contributed by atoms with Crippen LogP contribution in [0.15, 0.2) is 24.9 Å². The van der Waals surface area contributed by atoms with E-state index < -0.39 is 11.9 Å². The van der Waals surface area contributed by atoms with Crippen LogP contribution in [-0.4, -0.2) is 30.6 Å². The van der Waals surface area contributed by atoms with Crippen molar-refractivity contribution in [1.29, 1.82) is 0 Å². The summed E-state index contributed by atoms with van der Waals surface area (Å²) in [5, 5.41) is 9.22. The summed E-state index contributed by atoms with van der Waals surface area (Å²) in [5.41, 5.74) is 6.51. The molecule has 0 aliphatic rings. The van der Waals surface area contributed by atoms with Gasteiger partial charge in [0, 0.05) is 50.8 Å². The third-order valence-electron chi connectivity index (χ3n) is 2.47. The van der Waals surface area contributed by atoms with E-state index in [2.05, 4.69) is 22.0 Å². The van der Waals surface area contributed by atoms with Crippen molar-refractivity contribution < 1.29 is 42.6 Å². The van der Waals surface area contributed by atoms with Crippen molar-refractivity contribution in [3.8, 4) is 0 Å². The Balaban J connectivity index is 0.00000128. The Kier molecular flexibility index (Phi) is 8.81. The summed E-state index contributed by atoms with van der Waals surface area (Å²) in [6.45, 7) is 4.00. The van der Waals surface area contributed by atoms with Crippen LogP contribution in [0.25, 0.3) is 0 Å². The Morgan fingerprint density at radius 1 is 1.38 bits per heavy atom. The number of nitrogen functional groups attached to an aromatic ring is 1. The number of aliphatic carboxylic acids is 1. The molecule has 1 radical (unpaired) electrons. The summed E-state index contributed by atoms with van der Waals surface area (Å²) in [5.74, 6) is -1.54. The number of carboxylic acid groups (broad SMARTS) is 1. The predicted molar refractivity (Wildman–Crippen MR) is 74.9 cm³/mol. The average Bonchev–Trinajstić information content (AvgIpc) is 2.86. The van der Waals surface area contributed by atoms with Crippen molar-refractivity contribution in [2.45, 2.75) is 26.2 Å². The molecule has 0 aromatic carbocycles. The second-order valence-electron chi connectivity index (χ2n) is 3.86. The van der Waals surface area contributed by atoms with Crippen molar-refractivity contribution in [1.82, 2.24) is 19.5 Å². The van der Waals surface area contributed by atoms with Gasteiger partial charge in [-0.05, 0) is 18.3 Å². The predicted octanol–water partition coefficient (Wildman–Crippen LogP) is 1.33. The summed E-state index contributed by atoms with van der Waals surface area (Å²) in [7, 11) is 3.62. The topological polar surface area (TPSA) is 107 Å². The number of aromatic nitrogens is 4. The van der Waals surface area contributed by atoms with Crippen molar-refractivity contribution in [3.05, 3.63) is 43.2 Å². The summed E-state index contributed by atoms with van der Waals surface area (Å²) in [4.78, 5) is 22.9. The van der Waals surface area contributed by atoms with Gasteiger partial charge >= 0.3 is 5.97 Å². The fourth-order valence-electron chi connectivity index (χ4n) is 1.58. The van der Waals surface area contributed by atoms with Crippen LogP contribution in [0.1, 0.15) is 31.0 Å². The average molecular weight is 365 g/mol. The number of hydrogen-bond acceptors (Lipinski definition) is 5. The minimum absolute atomic E-state index is 0. The zero-order valence-corrected chi connectivity index (χ0v) is 14.9. The van der Waals surface area contributed by atoms with Gasteiger partial charge in [0.25, 0.3) is 0 Å². The van der Waals surface area contributed by atoms with Crippen molar-refractivity contribution >= 4 is 11.9 Å². The smallest absolute Gasteiger partial charge is 0.311 e. The Labute approximate surface area is 148 Å². The van der Waals surface area contributed by atoms with E-state index in [1.54, 1.807) is 6.20 Å². The molecule has 0 aliphatic carbocycles. The van der Waals surface area contributed by atoms with Gasteiger partial charge < -0.3 is 20.4 Å². The third-order valence-corrected chi connectivity index (χ3v) is 2.47. The molecule has 3 N–H and O–H groups in total. The van der Waals surface area contributed by atoms with Gasteiger partial charge in [-0.1, -0.05) is 20.0 Å². The number of nitrogens with zero attached hydrogens (tertiary/aromatic N) is 4. The number of hydrogen-bond donors (Lipinski definition) is 2. The van der Waals surface area contributed by atoms with Crippen molar-refractivity contribution in [2.75, 3.05) is 5.73 Å². The van der Waals surface area contributed by atoms with Crippen LogP contribution < -0.4 is 5.73 Å². The van der Waals surface area contributed by atoms with E-state index in [0.29, 0.717) is 11.3 Å². The second kappa shape index (κ2) is 9.47. The number of rotatable bonds is 4. The minimum atomic E-state index is -0.953. The monoisotopic (exact) mass is 365 g/mol. The SMILES string of the molecule is CC.[CH2-]n1cnc(C(Cc2cnc(N)nc2)C(=O)O)c1.[Y]. The maximum absolute atomic E-state index is 11.2. The maximum Gasteiger partial charge on any atom is 0.311 e. The quantitative estimate of drug-likeness (QED) is 0.792. The van der Waals surface area contributed by atoms with E-state index in [1.165, 1.54) is 23.3 Å². The van der Waals surface area contributed by atoms with Crippen LogP contribution in [-0.2, 0) is 43.9 Å². The summed E-state index contributed by atoms with van der Waals surface area (Å²) in [6.07, 6.45) is 6.33. The van der Waals surface area contributed by atoms with E-state index >= 15 is 0 Å². The Bertz CT molecular complexity index is 556. The molecule has 2 heterocycles. The fraction of sp³-hybridized carbons (Fsp3) is 0.308. The number of nitrogens with two attached hydrogens (primary N) is 1. The summed E-state index contributed by atoms with van der Waals surface area (Å²) >= 11 is 0. The number of imidazole rings is 1. The molecule has 0 aliphatic heterocycles.